The Labute approximate surface area is 222 Å². The molecule has 3 heterocycles. The van der Waals surface area contributed by atoms with Crippen LogP contribution in [0.5, 0.6) is 5.75 Å². The largest absolute Gasteiger partial charge is 0.506 e. The van der Waals surface area contributed by atoms with Crippen molar-refractivity contribution in [2.75, 3.05) is 43.9 Å². The van der Waals surface area contributed by atoms with Gasteiger partial charge in [0, 0.05) is 62.6 Å². The first-order chi connectivity index (χ1) is 18.6. The molecule has 2 aromatic heterocycles. The van der Waals surface area contributed by atoms with Crippen molar-refractivity contribution < 1.29 is 23.1 Å². The van der Waals surface area contributed by atoms with Gasteiger partial charge in [-0.15, -0.1) is 0 Å². The summed E-state index contributed by atoms with van der Waals surface area (Å²) in [6, 6.07) is 7.70. The number of hydrogen-bond donors (Lipinski definition) is 3. The summed E-state index contributed by atoms with van der Waals surface area (Å²) in [5.74, 6) is -0.206. The molecule has 1 fully saturated rings. The number of alkyl halides is 3. The van der Waals surface area contributed by atoms with Gasteiger partial charge < -0.3 is 20.6 Å². The van der Waals surface area contributed by atoms with Crippen LogP contribution in [0.3, 0.4) is 0 Å². The molecule has 0 atom stereocenters. The molecule has 9 nitrogen and oxygen atoms in total. The van der Waals surface area contributed by atoms with Crippen LogP contribution in [-0.2, 0) is 19.8 Å². The summed E-state index contributed by atoms with van der Waals surface area (Å²) < 4.78 is 43.3. The lowest BCUT2D eigenvalue weighted by Gasteiger charge is -2.33. The Balaban J connectivity index is 1.30. The number of likely N-dealkylation sites (N-methyl/N-ethyl adjacent to an activating group) is 1. The van der Waals surface area contributed by atoms with Gasteiger partial charge in [0.05, 0.1) is 29.2 Å². The topological polar surface area (TPSA) is 98.5 Å². The van der Waals surface area contributed by atoms with E-state index in [2.05, 4.69) is 25.6 Å². The molecule has 0 unspecified atom stereocenters. The summed E-state index contributed by atoms with van der Waals surface area (Å²) >= 11 is 0. The highest BCUT2D eigenvalue weighted by molar-refractivity contribution is 6.01. The van der Waals surface area contributed by atoms with Crippen molar-refractivity contribution in [3.05, 3.63) is 66.1 Å². The van der Waals surface area contributed by atoms with Gasteiger partial charge in [-0.2, -0.15) is 18.3 Å². The maximum atomic E-state index is 13.9. The van der Waals surface area contributed by atoms with Crippen LogP contribution >= 0.6 is 0 Å². The zero-order chi connectivity index (χ0) is 27.7. The van der Waals surface area contributed by atoms with Gasteiger partial charge in [0.1, 0.15) is 5.75 Å². The number of benzene rings is 2. The monoisotopic (exact) mass is 539 g/mol. The molecule has 2 amide bonds. The number of phenolic OH excluding ortho intramolecular Hbond substituents is 1. The van der Waals surface area contributed by atoms with Crippen LogP contribution < -0.4 is 10.6 Å². The number of carbonyl (C=O) groups is 1. The maximum Gasteiger partial charge on any atom is 0.416 e. The van der Waals surface area contributed by atoms with E-state index in [1.165, 1.54) is 24.3 Å². The Hall–Kier alpha value is -4.16. The average molecular weight is 540 g/mol. The zero-order valence-electron chi connectivity index (χ0n) is 21.5. The third-order valence-electron chi connectivity index (χ3n) is 6.90. The molecule has 5 rings (SSSR count). The highest BCUT2D eigenvalue weighted by Crippen LogP contribution is 2.36. The first kappa shape index (κ1) is 26.4. The fourth-order valence-corrected chi connectivity index (χ4v) is 4.68. The lowest BCUT2D eigenvalue weighted by molar-refractivity contribution is -0.138. The second-order valence-electron chi connectivity index (χ2n) is 9.65. The van der Waals surface area contributed by atoms with Crippen molar-refractivity contribution in [1.82, 2.24) is 24.6 Å². The van der Waals surface area contributed by atoms with E-state index >= 15 is 0 Å². The van der Waals surface area contributed by atoms with E-state index in [0.29, 0.717) is 18.7 Å². The number of piperazine rings is 1. The standard InChI is InChI=1S/C27H28F3N7O2/c1-35-7-9-37(10-8-35)16-18-3-5-19(12-22(18)27(28,29)30)33-26(39)34-23-6-4-17(11-25(23)38)20-13-31-15-24-21(20)14-32-36(24)2/h3-6,11-15,38H,7-10,16H2,1-2H3,(H2,33,34,39). The summed E-state index contributed by atoms with van der Waals surface area (Å²) in [5, 5.41) is 20.6. The van der Waals surface area contributed by atoms with Crippen LogP contribution in [0.1, 0.15) is 11.1 Å². The molecule has 12 heteroatoms. The third-order valence-corrected chi connectivity index (χ3v) is 6.90. The molecule has 0 saturated carbocycles. The minimum atomic E-state index is -4.57. The minimum Gasteiger partial charge on any atom is -0.506 e. The number of nitrogens with zero attached hydrogens (tertiary/aromatic N) is 5. The van der Waals surface area contributed by atoms with E-state index in [9.17, 15) is 23.1 Å². The van der Waals surface area contributed by atoms with Crippen LogP contribution in [-0.4, -0.2) is 68.9 Å². The number of hydrogen-bond acceptors (Lipinski definition) is 6. The quantitative estimate of drug-likeness (QED) is 0.317. The lowest BCUT2D eigenvalue weighted by Crippen LogP contribution is -2.44. The lowest BCUT2D eigenvalue weighted by atomic mass is 10.0. The second-order valence-corrected chi connectivity index (χ2v) is 9.65. The molecule has 1 saturated heterocycles. The molecule has 39 heavy (non-hydrogen) atoms. The maximum absolute atomic E-state index is 13.9. The van der Waals surface area contributed by atoms with Crippen LogP contribution in [0.15, 0.2) is 55.0 Å². The number of urea groups is 1. The molecule has 4 aromatic rings. The Bertz CT molecular complexity index is 1510. The minimum absolute atomic E-state index is 0.00704. The van der Waals surface area contributed by atoms with E-state index in [4.69, 9.17) is 0 Å². The van der Waals surface area contributed by atoms with Crippen LogP contribution in [0.25, 0.3) is 22.0 Å². The normalized spacial score (nSPS) is 15.0. The first-order valence-electron chi connectivity index (χ1n) is 12.4. The number of phenols is 1. The molecule has 0 spiro atoms. The smallest absolute Gasteiger partial charge is 0.416 e. The van der Waals surface area contributed by atoms with Crippen molar-refractivity contribution in [3.63, 3.8) is 0 Å². The second kappa shape index (κ2) is 10.5. The Morgan fingerprint density at radius 3 is 2.49 bits per heavy atom. The number of anilines is 2. The molecule has 1 aliphatic heterocycles. The summed E-state index contributed by atoms with van der Waals surface area (Å²) in [7, 11) is 3.79. The van der Waals surface area contributed by atoms with E-state index in [1.807, 2.05) is 11.9 Å². The summed E-state index contributed by atoms with van der Waals surface area (Å²) in [5.41, 5.74) is 1.70. The highest BCUT2D eigenvalue weighted by Gasteiger charge is 2.34. The molecule has 0 radical (unpaired) electrons. The van der Waals surface area contributed by atoms with Gasteiger partial charge in [-0.05, 0) is 42.4 Å². The number of pyridine rings is 1. The van der Waals surface area contributed by atoms with Gasteiger partial charge >= 0.3 is 12.2 Å². The predicted molar refractivity (Wildman–Crippen MR) is 142 cm³/mol. The van der Waals surface area contributed by atoms with Crippen LogP contribution in [0, 0.1) is 0 Å². The molecule has 0 aliphatic carbocycles. The number of carbonyl (C=O) groups excluding carboxylic acids is 1. The van der Waals surface area contributed by atoms with Crippen molar-refractivity contribution in [2.45, 2.75) is 12.7 Å². The number of halogens is 3. The summed E-state index contributed by atoms with van der Waals surface area (Å²) in [6.07, 6.45) is 0.476. The first-order valence-corrected chi connectivity index (χ1v) is 12.4. The van der Waals surface area contributed by atoms with Crippen molar-refractivity contribution in [2.24, 2.45) is 7.05 Å². The predicted octanol–water partition coefficient (Wildman–Crippen LogP) is 4.75. The Kier molecular flexibility index (Phi) is 7.15. The average Bonchev–Trinajstić information content (AvgIpc) is 3.28. The van der Waals surface area contributed by atoms with Gasteiger partial charge in [-0.25, -0.2) is 4.79 Å². The molecule has 1 aliphatic rings. The van der Waals surface area contributed by atoms with Crippen LogP contribution in [0.2, 0.25) is 0 Å². The van der Waals surface area contributed by atoms with E-state index in [1.54, 1.807) is 36.4 Å². The SMILES string of the molecule is CN1CCN(Cc2ccc(NC(=O)Nc3ccc(-c4cncc5c4cnn5C)cc3O)cc2C(F)(F)F)CC1. The molecular weight excluding hydrogens is 511 g/mol. The molecule has 2 aromatic carbocycles. The van der Waals surface area contributed by atoms with E-state index < -0.39 is 17.8 Å². The van der Waals surface area contributed by atoms with Gasteiger partial charge in [-0.1, -0.05) is 12.1 Å². The van der Waals surface area contributed by atoms with Gasteiger partial charge in [0.15, 0.2) is 0 Å². The molecular formula is C27H28F3N7O2. The number of amides is 2. The fourth-order valence-electron chi connectivity index (χ4n) is 4.68. The number of aryl methyl sites for hydroxylation is 1. The summed E-state index contributed by atoms with van der Waals surface area (Å²) in [4.78, 5) is 21.0. The number of aromatic hydroxyl groups is 1. The zero-order valence-corrected chi connectivity index (χ0v) is 21.5. The van der Waals surface area contributed by atoms with Crippen molar-refractivity contribution in [3.8, 4) is 16.9 Å². The van der Waals surface area contributed by atoms with E-state index in [0.717, 1.165) is 35.6 Å². The highest BCUT2D eigenvalue weighted by atomic mass is 19.4. The molecule has 0 bridgehead atoms. The number of rotatable bonds is 5. The van der Waals surface area contributed by atoms with Crippen LogP contribution in [0.4, 0.5) is 29.3 Å². The van der Waals surface area contributed by atoms with Gasteiger partial charge in [0.2, 0.25) is 0 Å². The van der Waals surface area contributed by atoms with Crippen molar-refractivity contribution in [1.29, 1.82) is 0 Å². The number of nitrogens with one attached hydrogen (secondary N) is 2. The molecule has 204 valence electrons. The third kappa shape index (κ3) is 5.81. The van der Waals surface area contributed by atoms with Gasteiger partial charge in [-0.3, -0.25) is 14.6 Å². The Morgan fingerprint density at radius 2 is 1.77 bits per heavy atom. The number of aromatic nitrogens is 3. The molecule has 3 N–H and O–H groups in total. The fraction of sp³-hybridized carbons (Fsp3) is 0.296. The van der Waals surface area contributed by atoms with Crippen molar-refractivity contribution >= 4 is 28.3 Å². The summed E-state index contributed by atoms with van der Waals surface area (Å²) in [6.45, 7) is 3.15. The number of fused-ring (bicyclic) bond motifs is 1. The van der Waals surface area contributed by atoms with Gasteiger partial charge in [0.25, 0.3) is 0 Å². The van der Waals surface area contributed by atoms with E-state index in [-0.39, 0.29) is 29.2 Å². The Morgan fingerprint density at radius 1 is 1.00 bits per heavy atom.